The number of carbonyl (C=O) groups excluding carboxylic acids is 2. The summed E-state index contributed by atoms with van der Waals surface area (Å²) >= 11 is 0. The first-order valence-corrected chi connectivity index (χ1v) is 5.72. The molecule has 1 atom stereocenters. The van der Waals surface area contributed by atoms with Crippen molar-refractivity contribution in [3.8, 4) is 0 Å². The molecule has 0 aliphatic carbocycles. The molecule has 2 fully saturated rings. The van der Waals surface area contributed by atoms with E-state index in [2.05, 4.69) is 12.2 Å². The van der Waals surface area contributed by atoms with Crippen molar-refractivity contribution in [2.45, 2.75) is 19.4 Å². The van der Waals surface area contributed by atoms with E-state index in [1.165, 1.54) is 4.90 Å². The number of amides is 2. The number of nitrogens with one attached hydrogen (secondary N) is 3. The maximum atomic E-state index is 11.5. The molecule has 0 unspecified atom stereocenters. The molecule has 2 rings (SSSR count). The predicted octanol–water partition coefficient (Wildman–Crippen LogP) is -3.80. The molecule has 0 bridgehead atoms. The lowest BCUT2D eigenvalue weighted by atomic mass is 10.2. The lowest BCUT2D eigenvalue weighted by molar-refractivity contribution is -1.02. The van der Waals surface area contributed by atoms with Gasteiger partial charge in [-0.3, -0.25) is 14.9 Å². The third kappa shape index (κ3) is 2.18. The fourth-order valence-electron chi connectivity index (χ4n) is 2.51. The maximum absolute atomic E-state index is 11.5. The Morgan fingerprint density at radius 2 is 1.93 bits per heavy atom. The second-order valence-electron chi connectivity index (χ2n) is 4.43. The molecule has 0 aromatic carbocycles. The molecule has 3 N–H and O–H groups in total. The van der Waals surface area contributed by atoms with Crippen LogP contribution in [0.3, 0.4) is 0 Å². The van der Waals surface area contributed by atoms with Crippen LogP contribution in [-0.2, 0) is 9.59 Å². The van der Waals surface area contributed by atoms with Crippen molar-refractivity contribution < 1.29 is 19.4 Å². The van der Waals surface area contributed by atoms with Gasteiger partial charge in [-0.25, -0.2) is 0 Å². The highest BCUT2D eigenvalue weighted by Crippen LogP contribution is 1.97. The molecular weight excluding hydrogens is 194 g/mol. The molecule has 2 aliphatic heterocycles. The fraction of sp³-hybridized carbons (Fsp3) is 0.800. The van der Waals surface area contributed by atoms with E-state index in [0.717, 1.165) is 32.7 Å². The van der Waals surface area contributed by atoms with Gasteiger partial charge in [-0.1, -0.05) is 0 Å². The van der Waals surface area contributed by atoms with Gasteiger partial charge in [0.05, 0.1) is 13.0 Å². The van der Waals surface area contributed by atoms with Crippen molar-refractivity contribution in [3.63, 3.8) is 0 Å². The van der Waals surface area contributed by atoms with E-state index < -0.39 is 0 Å². The molecule has 2 amide bonds. The molecule has 0 aromatic heterocycles. The number of likely N-dealkylation sites (N-methyl/N-ethyl adjacent to an activating group) is 1. The summed E-state index contributed by atoms with van der Waals surface area (Å²) in [6, 6.07) is -0.115. The third-order valence-electron chi connectivity index (χ3n) is 3.56. The number of hydrogen-bond acceptors (Lipinski definition) is 2. The normalized spacial score (nSPS) is 36.7. The smallest absolute Gasteiger partial charge is 0.285 e. The molecule has 5 nitrogen and oxygen atoms in total. The molecule has 0 aromatic rings. The summed E-state index contributed by atoms with van der Waals surface area (Å²) in [5, 5.41) is 2.38. The Morgan fingerprint density at radius 3 is 2.40 bits per heavy atom. The van der Waals surface area contributed by atoms with E-state index in [1.54, 1.807) is 4.90 Å². The molecule has 2 aliphatic rings. The molecule has 0 spiro atoms. The van der Waals surface area contributed by atoms with Crippen LogP contribution in [0.2, 0.25) is 0 Å². The van der Waals surface area contributed by atoms with Crippen molar-refractivity contribution in [1.29, 1.82) is 0 Å². The number of imide groups is 1. The first-order chi connectivity index (χ1) is 7.20. The van der Waals surface area contributed by atoms with Crippen LogP contribution in [0.25, 0.3) is 0 Å². The summed E-state index contributed by atoms with van der Waals surface area (Å²) in [5.74, 6) is -0.183. The standard InChI is InChI=1S/C10H17N3O2/c1-2-12-3-5-13(6-4-12)8-7-9(14)11-10(8)15/h8H,2-7H2,1H3,(H,11,14,15)/p+2/t8-/m0/s1. The van der Waals surface area contributed by atoms with Crippen LogP contribution in [-0.4, -0.2) is 50.6 Å². The lowest BCUT2D eigenvalue weighted by Crippen LogP contribution is -3.29. The van der Waals surface area contributed by atoms with Crippen LogP contribution in [0.4, 0.5) is 0 Å². The van der Waals surface area contributed by atoms with Crippen LogP contribution >= 0.6 is 0 Å². The Morgan fingerprint density at radius 1 is 1.27 bits per heavy atom. The van der Waals surface area contributed by atoms with E-state index in [-0.39, 0.29) is 17.9 Å². The number of piperazine rings is 1. The fourth-order valence-corrected chi connectivity index (χ4v) is 2.51. The molecule has 0 radical (unpaired) electrons. The van der Waals surface area contributed by atoms with E-state index >= 15 is 0 Å². The number of hydrogen-bond donors (Lipinski definition) is 3. The number of quaternary nitrogens is 2. The summed E-state index contributed by atoms with van der Waals surface area (Å²) in [5.41, 5.74) is 0. The van der Waals surface area contributed by atoms with E-state index in [4.69, 9.17) is 0 Å². The topological polar surface area (TPSA) is 55.1 Å². The zero-order chi connectivity index (χ0) is 10.8. The minimum atomic E-state index is -0.115. The Balaban J connectivity index is 1.90. The highest BCUT2D eigenvalue weighted by atomic mass is 16.2. The van der Waals surface area contributed by atoms with Crippen molar-refractivity contribution in [1.82, 2.24) is 5.32 Å². The molecule has 2 heterocycles. The Hall–Kier alpha value is -0.940. The summed E-state index contributed by atoms with van der Waals surface area (Å²) in [6.45, 7) is 7.59. The first kappa shape index (κ1) is 10.6. The van der Waals surface area contributed by atoms with Crippen molar-refractivity contribution >= 4 is 11.8 Å². The lowest BCUT2D eigenvalue weighted by Gasteiger charge is -2.31. The molecule has 15 heavy (non-hydrogen) atoms. The van der Waals surface area contributed by atoms with Gasteiger partial charge in [0.15, 0.2) is 6.04 Å². The first-order valence-electron chi connectivity index (χ1n) is 5.72. The SMILES string of the molecule is CC[NH+]1CC[NH+]([C@H]2CC(=O)NC2=O)CC1. The summed E-state index contributed by atoms with van der Waals surface area (Å²) in [7, 11) is 0. The molecule has 2 saturated heterocycles. The largest absolute Gasteiger partial charge is 0.326 e. The maximum Gasteiger partial charge on any atom is 0.285 e. The second-order valence-corrected chi connectivity index (χ2v) is 4.43. The summed E-state index contributed by atoms with van der Waals surface area (Å²) in [4.78, 5) is 25.4. The second kappa shape index (κ2) is 4.28. The molecule has 0 saturated carbocycles. The van der Waals surface area contributed by atoms with Gasteiger partial charge in [-0.05, 0) is 6.92 Å². The summed E-state index contributed by atoms with van der Waals surface area (Å²) < 4.78 is 0. The van der Waals surface area contributed by atoms with E-state index in [0.29, 0.717) is 6.42 Å². The van der Waals surface area contributed by atoms with Crippen molar-refractivity contribution in [2.24, 2.45) is 0 Å². The highest BCUT2D eigenvalue weighted by Gasteiger charge is 2.40. The Kier molecular flexibility index (Phi) is 3.02. The van der Waals surface area contributed by atoms with Gasteiger partial charge < -0.3 is 9.80 Å². The van der Waals surface area contributed by atoms with Crippen LogP contribution in [0.1, 0.15) is 13.3 Å². The number of carbonyl (C=O) groups is 2. The Labute approximate surface area is 89.4 Å². The van der Waals surface area contributed by atoms with Gasteiger partial charge in [-0.15, -0.1) is 0 Å². The van der Waals surface area contributed by atoms with Gasteiger partial charge in [0.2, 0.25) is 5.91 Å². The highest BCUT2D eigenvalue weighted by molar-refractivity contribution is 6.04. The summed E-state index contributed by atoms with van der Waals surface area (Å²) in [6.07, 6.45) is 0.385. The van der Waals surface area contributed by atoms with Crippen molar-refractivity contribution in [2.75, 3.05) is 32.7 Å². The zero-order valence-electron chi connectivity index (χ0n) is 9.14. The van der Waals surface area contributed by atoms with Gasteiger partial charge in [0.25, 0.3) is 5.91 Å². The molecule has 84 valence electrons. The van der Waals surface area contributed by atoms with Gasteiger partial charge in [0, 0.05) is 0 Å². The molecule has 5 heteroatoms. The average molecular weight is 213 g/mol. The molecular formula is C10H19N3O2+2. The van der Waals surface area contributed by atoms with Gasteiger partial charge >= 0.3 is 0 Å². The monoisotopic (exact) mass is 213 g/mol. The van der Waals surface area contributed by atoms with Crippen LogP contribution in [0.15, 0.2) is 0 Å². The quantitative estimate of drug-likeness (QED) is 0.412. The van der Waals surface area contributed by atoms with Crippen LogP contribution < -0.4 is 15.1 Å². The average Bonchev–Trinajstić information content (AvgIpc) is 2.58. The number of rotatable bonds is 2. The Bertz CT molecular complexity index is 272. The predicted molar refractivity (Wildman–Crippen MR) is 53.5 cm³/mol. The minimum Gasteiger partial charge on any atom is -0.326 e. The zero-order valence-corrected chi connectivity index (χ0v) is 9.14. The van der Waals surface area contributed by atoms with E-state index in [9.17, 15) is 9.59 Å². The van der Waals surface area contributed by atoms with Gasteiger partial charge in [-0.2, -0.15) is 0 Å². The van der Waals surface area contributed by atoms with Gasteiger partial charge in [0.1, 0.15) is 26.2 Å². The minimum absolute atomic E-state index is 0.0741. The van der Waals surface area contributed by atoms with E-state index in [1.807, 2.05) is 0 Å². The third-order valence-corrected chi connectivity index (χ3v) is 3.56. The van der Waals surface area contributed by atoms with Crippen LogP contribution in [0, 0.1) is 0 Å². The van der Waals surface area contributed by atoms with Crippen LogP contribution in [0.5, 0.6) is 0 Å². The van der Waals surface area contributed by atoms with Crippen molar-refractivity contribution in [3.05, 3.63) is 0 Å².